The van der Waals surface area contributed by atoms with Gasteiger partial charge in [0.25, 0.3) is 5.91 Å². The molecule has 0 atom stereocenters. The summed E-state index contributed by atoms with van der Waals surface area (Å²) >= 11 is 1.47. The van der Waals surface area contributed by atoms with Crippen LogP contribution < -0.4 is 5.32 Å². The average Bonchev–Trinajstić information content (AvgIpc) is 2.91. The summed E-state index contributed by atoms with van der Waals surface area (Å²) in [6, 6.07) is 3.73. The molecule has 2 rings (SSSR count). The van der Waals surface area contributed by atoms with Crippen LogP contribution in [0.25, 0.3) is 0 Å². The molecule has 0 aliphatic carbocycles. The van der Waals surface area contributed by atoms with Crippen molar-refractivity contribution in [3.63, 3.8) is 0 Å². The lowest BCUT2D eigenvalue weighted by Gasteiger charge is -2.30. The van der Waals surface area contributed by atoms with Gasteiger partial charge in [0, 0.05) is 26.1 Å². The fraction of sp³-hybridized carbons (Fsp3) is 0.500. The second-order valence-corrected chi connectivity index (χ2v) is 5.11. The van der Waals surface area contributed by atoms with Crippen molar-refractivity contribution in [2.45, 2.75) is 12.8 Å². The Morgan fingerprint density at radius 3 is 2.65 bits per heavy atom. The predicted octanol–water partition coefficient (Wildman–Crippen LogP) is 1.35. The minimum atomic E-state index is 0.0624. The van der Waals surface area contributed by atoms with Crippen LogP contribution in [-0.4, -0.2) is 36.9 Å². The highest BCUT2D eigenvalue weighted by molar-refractivity contribution is 7.12. The van der Waals surface area contributed by atoms with Crippen molar-refractivity contribution in [2.24, 2.45) is 5.92 Å². The summed E-state index contributed by atoms with van der Waals surface area (Å²) in [5.74, 6) is 0.246. The molecule has 0 unspecified atom stereocenters. The Morgan fingerprint density at radius 2 is 2.12 bits per heavy atom. The highest BCUT2D eigenvalue weighted by Gasteiger charge is 2.27. The normalized spacial score (nSPS) is 16.9. The third-order valence-electron chi connectivity index (χ3n) is 3.13. The van der Waals surface area contributed by atoms with Crippen molar-refractivity contribution in [1.82, 2.24) is 10.2 Å². The minimum Gasteiger partial charge on any atom is -0.359 e. The summed E-state index contributed by atoms with van der Waals surface area (Å²) in [6.07, 6.45) is 1.52. The molecule has 1 aromatic rings. The predicted molar refractivity (Wildman–Crippen MR) is 67.0 cm³/mol. The van der Waals surface area contributed by atoms with E-state index < -0.39 is 0 Å². The fourth-order valence-corrected chi connectivity index (χ4v) is 2.80. The van der Waals surface area contributed by atoms with E-state index in [2.05, 4.69) is 5.32 Å². The van der Waals surface area contributed by atoms with Gasteiger partial charge in [-0.1, -0.05) is 6.07 Å². The van der Waals surface area contributed by atoms with E-state index in [0.717, 1.165) is 17.7 Å². The number of nitrogens with zero attached hydrogens (tertiary/aromatic N) is 1. The number of carbonyl (C=O) groups is 2. The molecule has 1 aromatic heterocycles. The van der Waals surface area contributed by atoms with Gasteiger partial charge >= 0.3 is 0 Å². The molecule has 5 heteroatoms. The number of thiophene rings is 1. The van der Waals surface area contributed by atoms with Gasteiger partial charge in [0.05, 0.1) is 4.88 Å². The van der Waals surface area contributed by atoms with Crippen LogP contribution in [0.15, 0.2) is 17.5 Å². The Balaban J connectivity index is 1.91. The average molecular weight is 252 g/mol. The van der Waals surface area contributed by atoms with Gasteiger partial charge in [-0.15, -0.1) is 11.3 Å². The number of hydrogen-bond acceptors (Lipinski definition) is 3. The maximum Gasteiger partial charge on any atom is 0.263 e. The van der Waals surface area contributed by atoms with Crippen molar-refractivity contribution < 1.29 is 9.59 Å². The Hall–Kier alpha value is -1.36. The minimum absolute atomic E-state index is 0.0624. The Morgan fingerprint density at radius 1 is 1.41 bits per heavy atom. The van der Waals surface area contributed by atoms with Crippen LogP contribution >= 0.6 is 11.3 Å². The highest BCUT2D eigenvalue weighted by Crippen LogP contribution is 2.20. The summed E-state index contributed by atoms with van der Waals surface area (Å²) in [6.45, 7) is 1.35. The highest BCUT2D eigenvalue weighted by atomic mass is 32.1. The molecule has 1 saturated heterocycles. The van der Waals surface area contributed by atoms with Crippen LogP contribution in [0, 0.1) is 5.92 Å². The maximum absolute atomic E-state index is 12.0. The van der Waals surface area contributed by atoms with Gasteiger partial charge < -0.3 is 10.2 Å². The second kappa shape index (κ2) is 5.31. The van der Waals surface area contributed by atoms with Crippen molar-refractivity contribution in [2.75, 3.05) is 20.1 Å². The van der Waals surface area contributed by atoms with E-state index >= 15 is 0 Å². The van der Waals surface area contributed by atoms with E-state index in [0.29, 0.717) is 13.1 Å². The molecule has 0 saturated carbocycles. The summed E-state index contributed by atoms with van der Waals surface area (Å²) in [7, 11) is 1.66. The maximum atomic E-state index is 12.0. The molecule has 1 N–H and O–H groups in total. The van der Waals surface area contributed by atoms with E-state index in [1.807, 2.05) is 22.4 Å². The molecule has 1 aliphatic rings. The van der Waals surface area contributed by atoms with E-state index in [1.165, 1.54) is 11.3 Å². The first-order chi connectivity index (χ1) is 8.22. The SMILES string of the molecule is CNC(=O)C1CCN(C(=O)c2cccs2)CC1. The van der Waals surface area contributed by atoms with Crippen LogP contribution in [0.4, 0.5) is 0 Å². The monoisotopic (exact) mass is 252 g/mol. The standard InChI is InChI=1S/C12H16N2O2S/c1-13-11(15)9-4-6-14(7-5-9)12(16)10-3-2-8-17-10/h2-3,8-9H,4-7H2,1H3,(H,13,15). The zero-order valence-electron chi connectivity index (χ0n) is 9.81. The first-order valence-electron chi connectivity index (χ1n) is 5.76. The fourth-order valence-electron chi connectivity index (χ4n) is 2.10. The topological polar surface area (TPSA) is 49.4 Å². The summed E-state index contributed by atoms with van der Waals surface area (Å²) in [5.41, 5.74) is 0. The first-order valence-corrected chi connectivity index (χ1v) is 6.64. The molecule has 2 heterocycles. The summed E-state index contributed by atoms with van der Waals surface area (Å²) in [4.78, 5) is 26.1. The van der Waals surface area contributed by atoms with Crippen molar-refractivity contribution >= 4 is 23.2 Å². The van der Waals surface area contributed by atoms with E-state index in [1.54, 1.807) is 7.05 Å². The van der Waals surface area contributed by atoms with Crippen LogP contribution in [0.5, 0.6) is 0 Å². The van der Waals surface area contributed by atoms with Crippen molar-refractivity contribution in [1.29, 1.82) is 0 Å². The zero-order chi connectivity index (χ0) is 12.3. The zero-order valence-corrected chi connectivity index (χ0v) is 10.6. The summed E-state index contributed by atoms with van der Waals surface area (Å²) < 4.78 is 0. The van der Waals surface area contributed by atoms with Gasteiger partial charge in [0.15, 0.2) is 0 Å². The number of likely N-dealkylation sites (tertiary alicyclic amines) is 1. The third-order valence-corrected chi connectivity index (χ3v) is 3.99. The van der Waals surface area contributed by atoms with Crippen LogP contribution in [0.2, 0.25) is 0 Å². The van der Waals surface area contributed by atoms with Gasteiger partial charge in [-0.3, -0.25) is 9.59 Å². The Kier molecular flexibility index (Phi) is 3.78. The number of amides is 2. The molecule has 92 valence electrons. The lowest BCUT2D eigenvalue weighted by Crippen LogP contribution is -2.42. The molecule has 2 amide bonds. The largest absolute Gasteiger partial charge is 0.359 e. The molecule has 17 heavy (non-hydrogen) atoms. The van der Waals surface area contributed by atoms with E-state index in [-0.39, 0.29) is 17.7 Å². The molecule has 1 fully saturated rings. The number of rotatable bonds is 2. The summed E-state index contributed by atoms with van der Waals surface area (Å²) in [5, 5.41) is 4.57. The molecular weight excluding hydrogens is 236 g/mol. The van der Waals surface area contributed by atoms with E-state index in [9.17, 15) is 9.59 Å². The smallest absolute Gasteiger partial charge is 0.263 e. The third kappa shape index (κ3) is 2.66. The molecule has 0 aromatic carbocycles. The lowest BCUT2D eigenvalue weighted by atomic mass is 9.96. The van der Waals surface area contributed by atoms with Crippen LogP contribution in [0.3, 0.4) is 0 Å². The molecule has 0 radical (unpaired) electrons. The van der Waals surface area contributed by atoms with E-state index in [4.69, 9.17) is 0 Å². The lowest BCUT2D eigenvalue weighted by molar-refractivity contribution is -0.125. The van der Waals surface area contributed by atoms with Gasteiger partial charge in [-0.05, 0) is 24.3 Å². The van der Waals surface area contributed by atoms with Crippen LogP contribution in [-0.2, 0) is 4.79 Å². The quantitative estimate of drug-likeness (QED) is 0.863. The molecule has 0 bridgehead atoms. The second-order valence-electron chi connectivity index (χ2n) is 4.16. The van der Waals surface area contributed by atoms with Crippen LogP contribution in [0.1, 0.15) is 22.5 Å². The number of carbonyl (C=O) groups excluding carboxylic acids is 2. The Bertz CT molecular complexity index is 395. The molecular formula is C12H16N2O2S. The van der Waals surface area contributed by atoms with Gasteiger partial charge in [-0.25, -0.2) is 0 Å². The van der Waals surface area contributed by atoms with Gasteiger partial charge in [0.1, 0.15) is 0 Å². The molecule has 4 nitrogen and oxygen atoms in total. The number of hydrogen-bond donors (Lipinski definition) is 1. The molecule has 0 spiro atoms. The first kappa shape index (κ1) is 12.1. The van der Waals surface area contributed by atoms with Crippen molar-refractivity contribution in [3.05, 3.63) is 22.4 Å². The molecule has 1 aliphatic heterocycles. The van der Waals surface area contributed by atoms with Gasteiger partial charge in [-0.2, -0.15) is 0 Å². The van der Waals surface area contributed by atoms with Gasteiger partial charge in [0.2, 0.25) is 5.91 Å². The number of piperidine rings is 1. The number of nitrogens with one attached hydrogen (secondary N) is 1. The Labute approximate surface area is 105 Å². The van der Waals surface area contributed by atoms with Crippen molar-refractivity contribution in [3.8, 4) is 0 Å².